The van der Waals surface area contributed by atoms with Gasteiger partial charge in [0.15, 0.2) is 0 Å². The average Bonchev–Trinajstić information content (AvgIpc) is 2.28. The normalized spacial score (nSPS) is 10.3. The maximum atomic E-state index is 11.3. The minimum Gasteiger partial charge on any atom is -0.298 e. The van der Waals surface area contributed by atoms with Crippen molar-refractivity contribution < 1.29 is 4.79 Å². The van der Waals surface area contributed by atoms with Crippen molar-refractivity contribution in [3.8, 4) is 0 Å². The summed E-state index contributed by atoms with van der Waals surface area (Å²) in [6.45, 7) is 4.29. The van der Waals surface area contributed by atoms with Crippen LogP contribution in [-0.4, -0.2) is 11.1 Å². The smallest absolute Gasteiger partial charge is 0.147 e. The average molecular weight is 269 g/mol. The molecule has 0 saturated carbocycles. The van der Waals surface area contributed by atoms with Crippen molar-refractivity contribution in [1.82, 2.24) is 0 Å². The van der Waals surface area contributed by atoms with E-state index >= 15 is 0 Å². The van der Waals surface area contributed by atoms with Crippen LogP contribution >= 0.6 is 15.9 Å². The summed E-state index contributed by atoms with van der Waals surface area (Å²) in [6, 6.07) is 6.50. The van der Waals surface area contributed by atoms with Gasteiger partial charge in [-0.1, -0.05) is 48.0 Å². The highest BCUT2D eigenvalue weighted by molar-refractivity contribution is 9.09. The number of rotatable bonds is 5. The number of carbonyl (C=O) groups excluding carboxylic acids is 1. The van der Waals surface area contributed by atoms with Gasteiger partial charge in [0, 0.05) is 6.42 Å². The third kappa shape index (κ3) is 3.78. The molecule has 0 spiro atoms. The molecule has 0 heterocycles. The number of alkyl halides is 1. The molecule has 82 valence electrons. The van der Waals surface area contributed by atoms with Gasteiger partial charge in [0.05, 0.1) is 5.33 Å². The lowest BCUT2D eigenvalue weighted by Gasteiger charge is -2.06. The molecule has 0 aliphatic heterocycles. The van der Waals surface area contributed by atoms with Crippen LogP contribution in [0.3, 0.4) is 0 Å². The summed E-state index contributed by atoms with van der Waals surface area (Å²) in [7, 11) is 0. The van der Waals surface area contributed by atoms with Gasteiger partial charge in [0.2, 0.25) is 0 Å². The van der Waals surface area contributed by atoms with Crippen molar-refractivity contribution in [3.63, 3.8) is 0 Å². The number of Topliss-reactive ketones (excluding diaryl/α,β-unsaturated/α-hetero) is 1. The van der Waals surface area contributed by atoms with Crippen LogP contribution in [0.1, 0.15) is 30.5 Å². The van der Waals surface area contributed by atoms with Crippen molar-refractivity contribution in [1.29, 1.82) is 0 Å². The second-order valence-corrected chi connectivity index (χ2v) is 4.27. The Morgan fingerprint density at radius 2 is 1.53 bits per heavy atom. The molecule has 15 heavy (non-hydrogen) atoms. The van der Waals surface area contributed by atoms with Crippen LogP contribution in [0.25, 0.3) is 0 Å². The Morgan fingerprint density at radius 3 is 1.93 bits per heavy atom. The van der Waals surface area contributed by atoms with Crippen LogP contribution in [0.4, 0.5) is 0 Å². The maximum absolute atomic E-state index is 11.3. The zero-order valence-corrected chi connectivity index (χ0v) is 10.9. The van der Waals surface area contributed by atoms with E-state index in [2.05, 4.69) is 48.0 Å². The first-order valence-electron chi connectivity index (χ1n) is 5.39. The number of benzene rings is 1. The van der Waals surface area contributed by atoms with Crippen LogP contribution in [0.5, 0.6) is 0 Å². The van der Waals surface area contributed by atoms with E-state index in [0.29, 0.717) is 11.8 Å². The standard InChI is InChI=1S/C13H17BrO/c1-3-10-5-11(4-2)7-12(6-10)8-13(15)9-14/h5-7H,3-4,8-9H2,1-2H3. The van der Waals surface area contributed by atoms with Gasteiger partial charge in [-0.15, -0.1) is 0 Å². The van der Waals surface area contributed by atoms with E-state index < -0.39 is 0 Å². The number of aryl methyl sites for hydroxylation is 2. The molecule has 0 fully saturated rings. The molecule has 0 N–H and O–H groups in total. The van der Waals surface area contributed by atoms with Gasteiger partial charge < -0.3 is 0 Å². The molecule has 0 bridgehead atoms. The summed E-state index contributed by atoms with van der Waals surface area (Å²) in [5.41, 5.74) is 3.80. The lowest BCUT2D eigenvalue weighted by molar-refractivity contribution is -0.115. The number of carbonyl (C=O) groups is 1. The second-order valence-electron chi connectivity index (χ2n) is 3.71. The quantitative estimate of drug-likeness (QED) is 0.749. The molecule has 0 radical (unpaired) electrons. The molecule has 1 aromatic carbocycles. The molecule has 0 atom stereocenters. The molecular formula is C13H17BrO. The summed E-state index contributed by atoms with van der Waals surface area (Å²) < 4.78 is 0. The lowest BCUT2D eigenvalue weighted by atomic mass is 10.00. The van der Waals surface area contributed by atoms with Gasteiger partial charge in [0.25, 0.3) is 0 Å². The van der Waals surface area contributed by atoms with E-state index in [9.17, 15) is 4.79 Å². The van der Waals surface area contributed by atoms with Crippen molar-refractivity contribution >= 4 is 21.7 Å². The number of ketones is 1. The first kappa shape index (κ1) is 12.4. The number of halogens is 1. The molecule has 1 rings (SSSR count). The highest BCUT2D eigenvalue weighted by Gasteiger charge is 2.04. The molecule has 0 amide bonds. The largest absolute Gasteiger partial charge is 0.298 e. The van der Waals surface area contributed by atoms with Crippen LogP contribution in [0.15, 0.2) is 18.2 Å². The molecule has 1 aromatic rings. The number of hydrogen-bond acceptors (Lipinski definition) is 1. The van der Waals surface area contributed by atoms with Gasteiger partial charge in [0.1, 0.15) is 5.78 Å². The fourth-order valence-electron chi connectivity index (χ4n) is 1.62. The SMILES string of the molecule is CCc1cc(CC)cc(CC(=O)CBr)c1. The van der Waals surface area contributed by atoms with Crippen LogP contribution in [-0.2, 0) is 24.1 Å². The van der Waals surface area contributed by atoms with Crippen molar-refractivity contribution in [2.75, 3.05) is 5.33 Å². The van der Waals surface area contributed by atoms with Crippen molar-refractivity contribution in [3.05, 3.63) is 34.9 Å². The van der Waals surface area contributed by atoms with Crippen LogP contribution in [0.2, 0.25) is 0 Å². The fourth-order valence-corrected chi connectivity index (χ4v) is 1.82. The van der Waals surface area contributed by atoms with E-state index in [1.54, 1.807) is 0 Å². The van der Waals surface area contributed by atoms with Crippen molar-refractivity contribution in [2.45, 2.75) is 33.1 Å². The summed E-state index contributed by atoms with van der Waals surface area (Å²) in [4.78, 5) is 11.3. The lowest BCUT2D eigenvalue weighted by Crippen LogP contribution is -2.04. The first-order chi connectivity index (χ1) is 7.19. The Bertz CT molecular complexity index is 322. The summed E-state index contributed by atoms with van der Waals surface area (Å²) in [5, 5.41) is 0.449. The van der Waals surface area contributed by atoms with Gasteiger partial charge >= 0.3 is 0 Å². The Labute approximate surface area is 100 Å². The Morgan fingerprint density at radius 1 is 1.07 bits per heavy atom. The van der Waals surface area contributed by atoms with E-state index in [1.807, 2.05) is 0 Å². The molecule has 0 saturated heterocycles. The zero-order chi connectivity index (χ0) is 11.3. The molecule has 1 nitrogen and oxygen atoms in total. The molecule has 0 aromatic heterocycles. The van der Waals surface area contributed by atoms with E-state index in [-0.39, 0.29) is 5.78 Å². The highest BCUT2D eigenvalue weighted by Crippen LogP contribution is 2.13. The molecular weight excluding hydrogens is 252 g/mol. The van der Waals surface area contributed by atoms with Gasteiger partial charge in [-0.25, -0.2) is 0 Å². The van der Waals surface area contributed by atoms with E-state index in [0.717, 1.165) is 18.4 Å². The summed E-state index contributed by atoms with van der Waals surface area (Å²) in [5.74, 6) is 0.241. The Balaban J connectivity index is 2.91. The van der Waals surface area contributed by atoms with Crippen molar-refractivity contribution in [2.24, 2.45) is 0 Å². The molecule has 2 heteroatoms. The minimum absolute atomic E-state index is 0.241. The molecule has 0 aliphatic rings. The third-order valence-corrected chi connectivity index (χ3v) is 3.10. The Hall–Kier alpha value is -0.630. The zero-order valence-electron chi connectivity index (χ0n) is 9.35. The summed E-state index contributed by atoms with van der Waals surface area (Å²) in [6.07, 6.45) is 2.61. The molecule has 0 unspecified atom stereocenters. The predicted octanol–water partition coefficient (Wildman–Crippen LogP) is 3.32. The summed E-state index contributed by atoms with van der Waals surface area (Å²) >= 11 is 3.19. The first-order valence-corrected chi connectivity index (χ1v) is 6.51. The van der Waals surface area contributed by atoms with Gasteiger partial charge in [-0.3, -0.25) is 4.79 Å². The van der Waals surface area contributed by atoms with Crippen LogP contribution < -0.4 is 0 Å². The third-order valence-electron chi connectivity index (χ3n) is 2.48. The second kappa shape index (κ2) is 6.06. The van der Waals surface area contributed by atoms with E-state index in [1.165, 1.54) is 11.1 Å². The van der Waals surface area contributed by atoms with Gasteiger partial charge in [-0.05, 0) is 29.5 Å². The minimum atomic E-state index is 0.241. The number of hydrogen-bond donors (Lipinski definition) is 0. The Kier molecular flexibility index (Phi) is 5.03. The van der Waals surface area contributed by atoms with E-state index in [4.69, 9.17) is 0 Å². The fraction of sp³-hybridized carbons (Fsp3) is 0.462. The monoisotopic (exact) mass is 268 g/mol. The van der Waals surface area contributed by atoms with Gasteiger partial charge in [-0.2, -0.15) is 0 Å². The predicted molar refractivity (Wildman–Crippen MR) is 67.7 cm³/mol. The molecule has 0 aliphatic carbocycles. The topological polar surface area (TPSA) is 17.1 Å². The maximum Gasteiger partial charge on any atom is 0.147 e. The van der Waals surface area contributed by atoms with Crippen LogP contribution in [0, 0.1) is 0 Å². The highest BCUT2D eigenvalue weighted by atomic mass is 79.9.